The van der Waals surface area contributed by atoms with E-state index < -0.39 is 0 Å². The van der Waals surface area contributed by atoms with E-state index >= 15 is 0 Å². The molecule has 0 radical (unpaired) electrons. The lowest BCUT2D eigenvalue weighted by Gasteiger charge is -2.35. The minimum atomic E-state index is -0.222. The van der Waals surface area contributed by atoms with Gasteiger partial charge in [0.15, 0.2) is 0 Å². The van der Waals surface area contributed by atoms with Crippen molar-refractivity contribution in [3.8, 4) is 0 Å². The number of amides is 1. The van der Waals surface area contributed by atoms with Gasteiger partial charge >= 0.3 is 6.09 Å². The number of nitrogens with zero attached hydrogens (tertiary/aromatic N) is 4. The van der Waals surface area contributed by atoms with Crippen molar-refractivity contribution in [2.24, 2.45) is 0 Å². The van der Waals surface area contributed by atoms with Crippen LogP contribution in [0.4, 0.5) is 16.6 Å². The van der Waals surface area contributed by atoms with Gasteiger partial charge in [-0.05, 0) is 26.7 Å². The zero-order valence-corrected chi connectivity index (χ0v) is 15.3. The Hall–Kier alpha value is -2.05. The molecule has 0 atom stereocenters. The molecule has 1 saturated carbocycles. The maximum atomic E-state index is 11.8. The number of aromatic nitrogens is 2. The minimum Gasteiger partial charge on any atom is -0.450 e. The van der Waals surface area contributed by atoms with Crippen molar-refractivity contribution in [1.29, 1.82) is 0 Å². The lowest BCUT2D eigenvalue weighted by atomic mass is 9.96. The predicted octanol–water partition coefficient (Wildman–Crippen LogP) is 2.81. The third-order valence-electron chi connectivity index (χ3n) is 4.91. The number of anilines is 2. The molecule has 0 unspecified atom stereocenters. The quantitative estimate of drug-likeness (QED) is 0.903. The standard InChI is InChI=1S/C18H29N5O2/c1-3-25-18(24)23-11-9-22(10-12-23)16-13-14(2)19-17(21-16)20-15-7-5-4-6-8-15/h13,15H,3-12H2,1-2H3,(H,19,20,21). The van der Waals surface area contributed by atoms with Gasteiger partial charge in [-0.25, -0.2) is 9.78 Å². The fourth-order valence-electron chi connectivity index (χ4n) is 3.54. The number of carbonyl (C=O) groups is 1. The van der Waals surface area contributed by atoms with Gasteiger partial charge in [-0.3, -0.25) is 0 Å². The van der Waals surface area contributed by atoms with E-state index in [4.69, 9.17) is 9.72 Å². The summed E-state index contributed by atoms with van der Waals surface area (Å²) in [5.74, 6) is 1.67. The first-order chi connectivity index (χ1) is 12.2. The third-order valence-corrected chi connectivity index (χ3v) is 4.91. The molecule has 1 N–H and O–H groups in total. The summed E-state index contributed by atoms with van der Waals surface area (Å²) < 4.78 is 5.08. The molecule has 2 heterocycles. The summed E-state index contributed by atoms with van der Waals surface area (Å²) in [4.78, 5) is 25.1. The maximum Gasteiger partial charge on any atom is 0.409 e. The van der Waals surface area contributed by atoms with Crippen molar-refractivity contribution < 1.29 is 9.53 Å². The average Bonchev–Trinajstić information content (AvgIpc) is 2.62. The zero-order valence-electron chi connectivity index (χ0n) is 15.3. The van der Waals surface area contributed by atoms with E-state index in [-0.39, 0.29) is 6.09 Å². The number of aryl methyl sites for hydroxylation is 1. The SMILES string of the molecule is CCOC(=O)N1CCN(c2cc(C)nc(NC3CCCCC3)n2)CC1. The van der Waals surface area contributed by atoms with E-state index in [1.54, 1.807) is 4.90 Å². The molecule has 1 aliphatic heterocycles. The fraction of sp³-hybridized carbons (Fsp3) is 0.722. The van der Waals surface area contributed by atoms with Gasteiger partial charge in [-0.15, -0.1) is 0 Å². The second-order valence-electron chi connectivity index (χ2n) is 6.84. The summed E-state index contributed by atoms with van der Waals surface area (Å²) in [5.41, 5.74) is 0.969. The number of ether oxygens (including phenoxy) is 1. The molecule has 25 heavy (non-hydrogen) atoms. The predicted molar refractivity (Wildman–Crippen MR) is 98.1 cm³/mol. The molecule has 0 bridgehead atoms. The van der Waals surface area contributed by atoms with Crippen LogP contribution >= 0.6 is 0 Å². The molecule has 7 heteroatoms. The fourth-order valence-corrected chi connectivity index (χ4v) is 3.54. The number of hydrogen-bond acceptors (Lipinski definition) is 6. The molecule has 1 amide bonds. The highest BCUT2D eigenvalue weighted by Gasteiger charge is 2.23. The van der Waals surface area contributed by atoms with Gasteiger partial charge in [0.1, 0.15) is 5.82 Å². The molecule has 3 rings (SSSR count). The van der Waals surface area contributed by atoms with Crippen LogP contribution in [0.1, 0.15) is 44.7 Å². The summed E-state index contributed by atoms with van der Waals surface area (Å²) in [6, 6.07) is 2.51. The van der Waals surface area contributed by atoms with Gasteiger partial charge in [-0.1, -0.05) is 19.3 Å². The molecule has 1 aromatic rings. The number of piperazine rings is 1. The molecular formula is C18H29N5O2. The van der Waals surface area contributed by atoms with Crippen LogP contribution in [-0.2, 0) is 4.74 Å². The lowest BCUT2D eigenvalue weighted by Crippen LogP contribution is -2.49. The Balaban J connectivity index is 1.61. The van der Waals surface area contributed by atoms with Crippen molar-refractivity contribution in [2.75, 3.05) is 43.0 Å². The maximum absolute atomic E-state index is 11.8. The Morgan fingerprint density at radius 1 is 1.20 bits per heavy atom. The molecule has 1 aromatic heterocycles. The van der Waals surface area contributed by atoms with Crippen LogP contribution in [-0.4, -0.2) is 59.8 Å². The van der Waals surface area contributed by atoms with E-state index in [0.717, 1.165) is 30.5 Å². The van der Waals surface area contributed by atoms with Gasteiger partial charge in [0, 0.05) is 44.0 Å². The van der Waals surface area contributed by atoms with Gasteiger partial charge in [0.25, 0.3) is 0 Å². The Morgan fingerprint density at radius 3 is 2.60 bits per heavy atom. The van der Waals surface area contributed by atoms with Gasteiger partial charge < -0.3 is 19.9 Å². The summed E-state index contributed by atoms with van der Waals surface area (Å²) >= 11 is 0. The Kier molecular flexibility index (Phi) is 5.94. The highest BCUT2D eigenvalue weighted by Crippen LogP contribution is 2.22. The zero-order chi connectivity index (χ0) is 17.6. The van der Waals surface area contributed by atoms with E-state index in [0.29, 0.717) is 25.7 Å². The summed E-state index contributed by atoms with van der Waals surface area (Å²) in [6.45, 7) is 7.10. The van der Waals surface area contributed by atoms with Crippen LogP contribution < -0.4 is 10.2 Å². The van der Waals surface area contributed by atoms with Crippen molar-refractivity contribution >= 4 is 17.9 Å². The van der Waals surface area contributed by atoms with Crippen LogP contribution in [0, 0.1) is 6.92 Å². The Bertz CT molecular complexity index is 581. The number of nitrogens with one attached hydrogen (secondary N) is 1. The molecular weight excluding hydrogens is 318 g/mol. The largest absolute Gasteiger partial charge is 0.450 e. The normalized spacial score (nSPS) is 19.0. The lowest BCUT2D eigenvalue weighted by molar-refractivity contribution is 0.105. The van der Waals surface area contributed by atoms with E-state index in [1.165, 1.54) is 32.1 Å². The van der Waals surface area contributed by atoms with Gasteiger partial charge in [0.05, 0.1) is 6.61 Å². The number of carbonyl (C=O) groups excluding carboxylic acids is 1. The van der Waals surface area contributed by atoms with Crippen LogP contribution in [0.3, 0.4) is 0 Å². The Morgan fingerprint density at radius 2 is 1.92 bits per heavy atom. The first kappa shape index (κ1) is 17.8. The van der Waals surface area contributed by atoms with Gasteiger partial charge in [0.2, 0.25) is 5.95 Å². The second kappa shape index (κ2) is 8.36. The monoisotopic (exact) mass is 347 g/mol. The Labute approximate surface area is 149 Å². The molecule has 2 fully saturated rings. The second-order valence-corrected chi connectivity index (χ2v) is 6.84. The third kappa shape index (κ3) is 4.74. The molecule has 0 aromatic carbocycles. The van der Waals surface area contributed by atoms with Crippen molar-refractivity contribution in [1.82, 2.24) is 14.9 Å². The van der Waals surface area contributed by atoms with Crippen LogP contribution in [0.25, 0.3) is 0 Å². The first-order valence-electron chi connectivity index (χ1n) is 9.44. The highest BCUT2D eigenvalue weighted by atomic mass is 16.6. The van der Waals surface area contributed by atoms with E-state index in [9.17, 15) is 4.79 Å². The summed E-state index contributed by atoms with van der Waals surface area (Å²) in [7, 11) is 0. The van der Waals surface area contributed by atoms with Crippen LogP contribution in [0.2, 0.25) is 0 Å². The van der Waals surface area contributed by atoms with E-state index in [1.807, 2.05) is 19.9 Å². The van der Waals surface area contributed by atoms with Crippen LogP contribution in [0.5, 0.6) is 0 Å². The molecule has 2 aliphatic rings. The topological polar surface area (TPSA) is 70.6 Å². The van der Waals surface area contributed by atoms with E-state index in [2.05, 4.69) is 15.2 Å². The molecule has 7 nitrogen and oxygen atoms in total. The van der Waals surface area contributed by atoms with Crippen molar-refractivity contribution in [3.05, 3.63) is 11.8 Å². The minimum absolute atomic E-state index is 0.222. The highest BCUT2D eigenvalue weighted by molar-refractivity contribution is 5.68. The number of hydrogen-bond donors (Lipinski definition) is 1. The first-order valence-corrected chi connectivity index (χ1v) is 9.44. The number of rotatable bonds is 4. The molecule has 138 valence electrons. The summed E-state index contributed by atoms with van der Waals surface area (Å²) in [5, 5.41) is 3.51. The molecule has 1 saturated heterocycles. The summed E-state index contributed by atoms with van der Waals surface area (Å²) in [6.07, 6.45) is 6.08. The van der Waals surface area contributed by atoms with Crippen molar-refractivity contribution in [3.63, 3.8) is 0 Å². The van der Waals surface area contributed by atoms with Crippen molar-refractivity contribution in [2.45, 2.75) is 52.0 Å². The van der Waals surface area contributed by atoms with Gasteiger partial charge in [-0.2, -0.15) is 4.98 Å². The van der Waals surface area contributed by atoms with Crippen LogP contribution in [0.15, 0.2) is 6.07 Å². The smallest absolute Gasteiger partial charge is 0.409 e. The average molecular weight is 347 g/mol. The molecule has 0 spiro atoms. The molecule has 1 aliphatic carbocycles.